The number of hydrogen-bond acceptors (Lipinski definition) is 5. The van der Waals surface area contributed by atoms with E-state index in [-0.39, 0.29) is 17.2 Å². The lowest BCUT2D eigenvalue weighted by molar-refractivity contribution is -0.384. The van der Waals surface area contributed by atoms with Gasteiger partial charge < -0.3 is 10.1 Å². The fraction of sp³-hybridized carbons (Fsp3) is 0.308. The van der Waals surface area contributed by atoms with E-state index in [1.54, 1.807) is 18.2 Å². The summed E-state index contributed by atoms with van der Waals surface area (Å²) < 4.78 is 5.94. The van der Waals surface area contributed by atoms with Crippen LogP contribution >= 0.6 is 0 Å². The monoisotopic (exact) mass is 447 g/mol. The van der Waals surface area contributed by atoms with Gasteiger partial charge in [0.15, 0.2) is 0 Å². The molecule has 0 saturated carbocycles. The van der Waals surface area contributed by atoms with Crippen LogP contribution in [0.15, 0.2) is 48.5 Å². The average molecular weight is 448 g/mol. The molecule has 0 saturated heterocycles. The van der Waals surface area contributed by atoms with Crippen molar-refractivity contribution in [1.29, 1.82) is 0 Å². The van der Waals surface area contributed by atoms with Gasteiger partial charge in [-0.2, -0.15) is 0 Å². The SMILES string of the molecule is CCCOc1cc(C)nc(-c2cccc([N+](=O)[O-])c2)c1C(=O)Nc1c(CC)cccc1CC. The largest absolute Gasteiger partial charge is 0.493 e. The Kier molecular flexibility index (Phi) is 7.77. The number of nitro groups is 1. The Bertz CT molecular complexity index is 1150. The molecule has 3 rings (SSSR count). The molecule has 0 radical (unpaired) electrons. The number of nitrogens with zero attached hydrogens (tertiary/aromatic N) is 2. The predicted molar refractivity (Wildman–Crippen MR) is 130 cm³/mol. The third-order valence-electron chi connectivity index (χ3n) is 5.37. The van der Waals surface area contributed by atoms with E-state index in [9.17, 15) is 14.9 Å². The van der Waals surface area contributed by atoms with Gasteiger partial charge in [-0.25, -0.2) is 0 Å². The average Bonchev–Trinajstić information content (AvgIpc) is 2.82. The van der Waals surface area contributed by atoms with Crippen LogP contribution in [-0.2, 0) is 12.8 Å². The van der Waals surface area contributed by atoms with E-state index >= 15 is 0 Å². The van der Waals surface area contributed by atoms with E-state index in [1.165, 1.54) is 12.1 Å². The fourth-order valence-electron chi connectivity index (χ4n) is 3.74. The van der Waals surface area contributed by atoms with Gasteiger partial charge in [0.25, 0.3) is 11.6 Å². The van der Waals surface area contributed by atoms with Gasteiger partial charge in [0.1, 0.15) is 11.3 Å². The lowest BCUT2D eigenvalue weighted by Crippen LogP contribution is -2.18. The molecule has 0 unspecified atom stereocenters. The number of hydrogen-bond donors (Lipinski definition) is 1. The van der Waals surface area contributed by atoms with E-state index in [1.807, 2.05) is 45.9 Å². The second-order valence-corrected chi connectivity index (χ2v) is 7.75. The Morgan fingerprint density at radius 2 is 1.73 bits per heavy atom. The first-order valence-electron chi connectivity index (χ1n) is 11.2. The predicted octanol–water partition coefficient (Wildman–Crippen LogP) is 6.13. The van der Waals surface area contributed by atoms with Crippen LogP contribution in [0.5, 0.6) is 5.75 Å². The summed E-state index contributed by atoms with van der Waals surface area (Å²) in [5, 5.41) is 14.4. The first-order valence-corrected chi connectivity index (χ1v) is 11.2. The topological polar surface area (TPSA) is 94.4 Å². The number of ether oxygens (including phenoxy) is 1. The maximum atomic E-state index is 13.7. The molecular weight excluding hydrogens is 418 g/mol. The van der Waals surface area contributed by atoms with Gasteiger partial charge in [-0.15, -0.1) is 0 Å². The highest BCUT2D eigenvalue weighted by molar-refractivity contribution is 6.10. The highest BCUT2D eigenvalue weighted by Crippen LogP contribution is 2.33. The number of para-hydroxylation sites is 1. The third kappa shape index (κ3) is 5.37. The van der Waals surface area contributed by atoms with Crippen LogP contribution in [0.2, 0.25) is 0 Å². The Morgan fingerprint density at radius 3 is 2.33 bits per heavy atom. The van der Waals surface area contributed by atoms with Crippen molar-refractivity contribution >= 4 is 17.3 Å². The van der Waals surface area contributed by atoms with Crippen LogP contribution < -0.4 is 10.1 Å². The summed E-state index contributed by atoms with van der Waals surface area (Å²) in [6.45, 7) is 8.32. The summed E-state index contributed by atoms with van der Waals surface area (Å²) in [4.78, 5) is 29.2. The van der Waals surface area contributed by atoms with Crippen molar-refractivity contribution in [2.75, 3.05) is 11.9 Å². The number of aryl methyl sites for hydroxylation is 3. The van der Waals surface area contributed by atoms with Crippen molar-refractivity contribution < 1.29 is 14.5 Å². The molecule has 0 bridgehead atoms. The van der Waals surface area contributed by atoms with Gasteiger partial charge in [0, 0.05) is 35.1 Å². The first-order chi connectivity index (χ1) is 15.9. The molecule has 3 aromatic rings. The molecule has 0 aliphatic heterocycles. The van der Waals surface area contributed by atoms with Gasteiger partial charge in [-0.3, -0.25) is 19.9 Å². The molecule has 7 nitrogen and oxygen atoms in total. The highest BCUT2D eigenvalue weighted by atomic mass is 16.6. The van der Waals surface area contributed by atoms with E-state index in [0.29, 0.717) is 29.3 Å². The summed E-state index contributed by atoms with van der Waals surface area (Å²) in [6.07, 6.45) is 2.31. The smallest absolute Gasteiger partial charge is 0.270 e. The van der Waals surface area contributed by atoms with Crippen molar-refractivity contribution in [3.63, 3.8) is 0 Å². The van der Waals surface area contributed by atoms with Crippen molar-refractivity contribution in [2.45, 2.75) is 47.0 Å². The second kappa shape index (κ2) is 10.7. The first kappa shape index (κ1) is 23.9. The zero-order valence-corrected chi connectivity index (χ0v) is 19.5. The number of aromatic nitrogens is 1. The number of rotatable bonds is 9. The Labute approximate surface area is 194 Å². The number of pyridine rings is 1. The maximum absolute atomic E-state index is 13.7. The Morgan fingerprint density at radius 1 is 1.06 bits per heavy atom. The molecule has 2 aromatic carbocycles. The molecule has 0 atom stereocenters. The molecule has 1 heterocycles. The zero-order valence-electron chi connectivity index (χ0n) is 19.5. The van der Waals surface area contributed by atoms with E-state index in [0.717, 1.165) is 36.1 Å². The number of nitrogens with one attached hydrogen (secondary N) is 1. The van der Waals surface area contributed by atoms with Crippen LogP contribution in [0.25, 0.3) is 11.3 Å². The summed E-state index contributed by atoms with van der Waals surface area (Å²) in [6, 6.07) is 13.9. The minimum atomic E-state index is -0.460. The molecule has 1 N–H and O–H groups in total. The number of amides is 1. The van der Waals surface area contributed by atoms with Gasteiger partial charge >= 0.3 is 0 Å². The summed E-state index contributed by atoms with van der Waals surface area (Å²) in [5.41, 5.74) is 4.56. The van der Waals surface area contributed by atoms with Crippen molar-refractivity contribution in [1.82, 2.24) is 4.98 Å². The number of non-ortho nitro benzene ring substituents is 1. The summed E-state index contributed by atoms with van der Waals surface area (Å²) in [7, 11) is 0. The van der Waals surface area contributed by atoms with Crippen molar-refractivity contribution in [3.05, 3.63) is 81.0 Å². The molecular formula is C26H29N3O4. The molecule has 0 aliphatic carbocycles. The van der Waals surface area contributed by atoms with Crippen molar-refractivity contribution in [2.24, 2.45) is 0 Å². The van der Waals surface area contributed by atoms with E-state index < -0.39 is 4.92 Å². The van der Waals surface area contributed by atoms with Gasteiger partial charge in [-0.1, -0.05) is 51.1 Å². The number of anilines is 1. The molecule has 1 aromatic heterocycles. The van der Waals surface area contributed by atoms with Crippen LogP contribution in [0.1, 0.15) is 54.4 Å². The lowest BCUT2D eigenvalue weighted by atomic mass is 10.0. The third-order valence-corrected chi connectivity index (χ3v) is 5.37. The molecule has 33 heavy (non-hydrogen) atoms. The molecule has 0 fully saturated rings. The highest BCUT2D eigenvalue weighted by Gasteiger charge is 2.24. The maximum Gasteiger partial charge on any atom is 0.270 e. The van der Waals surface area contributed by atoms with Crippen LogP contribution in [-0.4, -0.2) is 22.4 Å². The summed E-state index contributed by atoms with van der Waals surface area (Å²) >= 11 is 0. The standard InChI is InChI=1S/C26H29N3O4/c1-5-14-33-22-15-17(4)27-25(20-12-9-13-21(16-20)29(31)32)23(22)26(30)28-24-18(6-2)10-8-11-19(24)7-3/h8-13,15-16H,5-7,14H2,1-4H3,(H,28,30). The van der Waals surface area contributed by atoms with E-state index in [4.69, 9.17) is 4.74 Å². The fourth-order valence-corrected chi connectivity index (χ4v) is 3.74. The van der Waals surface area contributed by atoms with Gasteiger partial charge in [0.05, 0.1) is 17.2 Å². The second-order valence-electron chi connectivity index (χ2n) is 7.75. The minimum Gasteiger partial charge on any atom is -0.493 e. The van der Waals surface area contributed by atoms with Crippen molar-refractivity contribution in [3.8, 4) is 17.0 Å². The number of nitro benzene ring substituents is 1. The molecule has 7 heteroatoms. The summed E-state index contributed by atoms with van der Waals surface area (Å²) in [5.74, 6) is 0.0566. The van der Waals surface area contributed by atoms with E-state index in [2.05, 4.69) is 10.3 Å². The van der Waals surface area contributed by atoms with Crippen LogP contribution in [0.4, 0.5) is 11.4 Å². The molecule has 0 aliphatic rings. The lowest BCUT2D eigenvalue weighted by Gasteiger charge is -2.18. The number of carbonyl (C=O) groups is 1. The van der Waals surface area contributed by atoms with Crippen LogP contribution in [0.3, 0.4) is 0 Å². The number of carbonyl (C=O) groups excluding carboxylic acids is 1. The number of benzene rings is 2. The Balaban J connectivity index is 2.18. The molecule has 172 valence electrons. The van der Waals surface area contributed by atoms with Crippen LogP contribution in [0, 0.1) is 17.0 Å². The minimum absolute atomic E-state index is 0.0669. The molecule has 1 amide bonds. The zero-order chi connectivity index (χ0) is 24.0. The Hall–Kier alpha value is -3.74. The quantitative estimate of drug-likeness (QED) is 0.314. The molecule has 0 spiro atoms. The normalized spacial score (nSPS) is 10.7. The van der Waals surface area contributed by atoms with Gasteiger partial charge in [-0.05, 0) is 37.3 Å². The van der Waals surface area contributed by atoms with Gasteiger partial charge in [0.2, 0.25) is 0 Å².